The molecule has 0 unspecified atom stereocenters. The Morgan fingerprint density at radius 1 is 1.12 bits per heavy atom. The van der Waals surface area contributed by atoms with E-state index >= 15 is 0 Å². The van der Waals surface area contributed by atoms with Gasteiger partial charge in [0.05, 0.1) is 3.57 Å². The highest BCUT2D eigenvalue weighted by molar-refractivity contribution is 14.1. The quantitative estimate of drug-likeness (QED) is 0.447. The first-order valence-corrected chi connectivity index (χ1v) is 6.79. The number of rotatable bonds is 2. The molecule has 0 aromatic heterocycles. The first-order valence-electron chi connectivity index (χ1n) is 5.71. The molecule has 2 rings (SSSR count). The molecule has 0 bridgehead atoms. The Hall–Kier alpha value is -0.520. The molecular formula is C13H13F2IO. The van der Waals surface area contributed by atoms with Crippen LogP contribution >= 0.6 is 22.6 Å². The minimum absolute atomic E-state index is 0.0490. The lowest BCUT2D eigenvalue weighted by Gasteiger charge is -2.25. The van der Waals surface area contributed by atoms with Gasteiger partial charge >= 0.3 is 0 Å². The Kier molecular flexibility index (Phi) is 4.12. The molecule has 0 aliphatic heterocycles. The SMILES string of the molecule is O=CC1CCC(c2cc(F)c(I)c(F)c2)CC1. The summed E-state index contributed by atoms with van der Waals surface area (Å²) in [4.78, 5) is 10.6. The van der Waals surface area contributed by atoms with Gasteiger partial charge in [0.1, 0.15) is 17.9 Å². The molecule has 1 aliphatic carbocycles. The molecule has 0 heterocycles. The van der Waals surface area contributed by atoms with Crippen LogP contribution in [0.1, 0.15) is 37.2 Å². The number of aldehydes is 1. The molecular weight excluding hydrogens is 337 g/mol. The molecule has 0 spiro atoms. The summed E-state index contributed by atoms with van der Waals surface area (Å²) in [5.41, 5.74) is 0.727. The second-order valence-electron chi connectivity index (χ2n) is 4.55. The van der Waals surface area contributed by atoms with Gasteiger partial charge in [-0.15, -0.1) is 0 Å². The Bertz CT molecular complexity index is 402. The number of carbonyl (C=O) groups is 1. The third-order valence-electron chi connectivity index (χ3n) is 3.44. The summed E-state index contributed by atoms with van der Waals surface area (Å²) < 4.78 is 26.9. The Morgan fingerprint density at radius 3 is 2.12 bits per heavy atom. The molecule has 1 aliphatic rings. The van der Waals surface area contributed by atoms with Gasteiger partial charge in [0.25, 0.3) is 0 Å². The molecule has 92 valence electrons. The van der Waals surface area contributed by atoms with Crippen molar-refractivity contribution in [2.24, 2.45) is 5.92 Å². The zero-order chi connectivity index (χ0) is 12.4. The monoisotopic (exact) mass is 350 g/mol. The van der Waals surface area contributed by atoms with E-state index in [1.54, 1.807) is 22.6 Å². The van der Waals surface area contributed by atoms with Crippen molar-refractivity contribution in [3.63, 3.8) is 0 Å². The van der Waals surface area contributed by atoms with E-state index in [-0.39, 0.29) is 15.4 Å². The fourth-order valence-electron chi connectivity index (χ4n) is 2.40. The number of halogens is 3. The molecule has 1 fully saturated rings. The Morgan fingerprint density at radius 2 is 1.65 bits per heavy atom. The highest BCUT2D eigenvalue weighted by atomic mass is 127. The van der Waals surface area contributed by atoms with E-state index in [1.807, 2.05) is 0 Å². The highest BCUT2D eigenvalue weighted by Crippen LogP contribution is 2.36. The second-order valence-corrected chi connectivity index (χ2v) is 5.63. The van der Waals surface area contributed by atoms with E-state index in [0.29, 0.717) is 0 Å². The first kappa shape index (κ1) is 12.9. The van der Waals surface area contributed by atoms with Gasteiger partial charge in [0.15, 0.2) is 0 Å². The maximum absolute atomic E-state index is 13.4. The van der Waals surface area contributed by atoms with Gasteiger partial charge in [-0.3, -0.25) is 0 Å². The van der Waals surface area contributed by atoms with Crippen LogP contribution in [0, 0.1) is 21.1 Å². The van der Waals surface area contributed by atoms with E-state index < -0.39 is 11.6 Å². The lowest BCUT2D eigenvalue weighted by Crippen LogP contribution is -2.14. The molecule has 1 aromatic carbocycles. The van der Waals surface area contributed by atoms with E-state index in [4.69, 9.17) is 0 Å². The summed E-state index contributed by atoms with van der Waals surface area (Å²) in [5.74, 6) is -0.659. The molecule has 0 N–H and O–H groups in total. The summed E-state index contributed by atoms with van der Waals surface area (Å²) in [7, 11) is 0. The lowest BCUT2D eigenvalue weighted by atomic mass is 9.79. The van der Waals surface area contributed by atoms with Crippen LogP contribution < -0.4 is 0 Å². The van der Waals surface area contributed by atoms with E-state index in [2.05, 4.69) is 0 Å². The summed E-state index contributed by atoms with van der Waals surface area (Å²) in [6, 6.07) is 2.85. The van der Waals surface area contributed by atoms with Gasteiger partial charge in [-0.1, -0.05) is 0 Å². The fraction of sp³-hybridized carbons (Fsp3) is 0.462. The molecule has 0 radical (unpaired) electrons. The number of benzene rings is 1. The topological polar surface area (TPSA) is 17.1 Å². The largest absolute Gasteiger partial charge is 0.303 e. The van der Waals surface area contributed by atoms with Gasteiger partial charge in [-0.05, 0) is 71.9 Å². The number of hydrogen-bond donors (Lipinski definition) is 0. The normalized spacial score (nSPS) is 24.6. The summed E-state index contributed by atoms with van der Waals surface area (Å²) in [6.07, 6.45) is 4.31. The van der Waals surface area contributed by atoms with E-state index in [1.165, 1.54) is 12.1 Å². The number of hydrogen-bond acceptors (Lipinski definition) is 1. The standard InChI is InChI=1S/C13H13F2IO/c14-11-5-10(6-12(15)13(11)16)9-3-1-8(7-17)2-4-9/h5-9H,1-4H2. The molecule has 17 heavy (non-hydrogen) atoms. The van der Waals surface area contributed by atoms with Crippen LogP contribution in [0.25, 0.3) is 0 Å². The predicted octanol–water partition coefficient (Wildman–Crippen LogP) is 4.04. The van der Waals surface area contributed by atoms with Crippen molar-refractivity contribution >= 4 is 28.9 Å². The van der Waals surface area contributed by atoms with Crippen LogP contribution in [0.5, 0.6) is 0 Å². The van der Waals surface area contributed by atoms with Gasteiger partial charge in [-0.25, -0.2) is 8.78 Å². The van der Waals surface area contributed by atoms with Gasteiger partial charge < -0.3 is 4.79 Å². The summed E-state index contributed by atoms with van der Waals surface area (Å²) in [5, 5.41) is 0. The third kappa shape index (κ3) is 2.84. The Balaban J connectivity index is 2.16. The van der Waals surface area contributed by atoms with Crippen LogP contribution in [0.2, 0.25) is 0 Å². The zero-order valence-electron chi connectivity index (χ0n) is 9.26. The van der Waals surface area contributed by atoms with Crippen molar-refractivity contribution in [3.8, 4) is 0 Å². The van der Waals surface area contributed by atoms with Gasteiger partial charge in [0.2, 0.25) is 0 Å². The van der Waals surface area contributed by atoms with Crippen LogP contribution in [-0.4, -0.2) is 6.29 Å². The lowest BCUT2D eigenvalue weighted by molar-refractivity contribution is -0.111. The van der Waals surface area contributed by atoms with Crippen LogP contribution in [0.15, 0.2) is 12.1 Å². The van der Waals surface area contributed by atoms with Crippen molar-refractivity contribution in [2.45, 2.75) is 31.6 Å². The average molecular weight is 350 g/mol. The number of carbonyl (C=O) groups excluding carboxylic acids is 1. The van der Waals surface area contributed by atoms with E-state index in [0.717, 1.165) is 37.5 Å². The molecule has 0 atom stereocenters. The van der Waals surface area contributed by atoms with Crippen molar-refractivity contribution in [1.29, 1.82) is 0 Å². The molecule has 1 nitrogen and oxygen atoms in total. The van der Waals surface area contributed by atoms with Crippen molar-refractivity contribution < 1.29 is 13.6 Å². The van der Waals surface area contributed by atoms with Gasteiger partial charge in [-0.2, -0.15) is 0 Å². The minimum Gasteiger partial charge on any atom is -0.303 e. The molecule has 1 aromatic rings. The van der Waals surface area contributed by atoms with Crippen LogP contribution in [0.4, 0.5) is 8.78 Å². The van der Waals surface area contributed by atoms with Crippen LogP contribution in [0.3, 0.4) is 0 Å². The molecule has 0 saturated heterocycles. The highest BCUT2D eigenvalue weighted by Gasteiger charge is 2.23. The predicted molar refractivity (Wildman–Crippen MR) is 69.8 cm³/mol. The second kappa shape index (κ2) is 5.42. The van der Waals surface area contributed by atoms with Crippen molar-refractivity contribution in [1.82, 2.24) is 0 Å². The molecule has 1 saturated carbocycles. The van der Waals surface area contributed by atoms with Crippen molar-refractivity contribution in [2.75, 3.05) is 0 Å². The summed E-state index contributed by atoms with van der Waals surface area (Å²) in [6.45, 7) is 0. The third-order valence-corrected chi connectivity index (χ3v) is 4.47. The average Bonchev–Trinajstić information content (AvgIpc) is 2.35. The smallest absolute Gasteiger partial charge is 0.139 e. The molecule has 4 heteroatoms. The maximum Gasteiger partial charge on any atom is 0.139 e. The first-order chi connectivity index (χ1) is 8.11. The Labute approximate surface area is 113 Å². The minimum atomic E-state index is -0.488. The zero-order valence-corrected chi connectivity index (χ0v) is 11.4. The molecule has 0 amide bonds. The maximum atomic E-state index is 13.4. The summed E-state index contributed by atoms with van der Waals surface area (Å²) >= 11 is 1.67. The van der Waals surface area contributed by atoms with Crippen molar-refractivity contribution in [3.05, 3.63) is 32.9 Å². The van der Waals surface area contributed by atoms with Gasteiger partial charge in [0, 0.05) is 5.92 Å². The van der Waals surface area contributed by atoms with Crippen LogP contribution in [-0.2, 0) is 4.79 Å². The van der Waals surface area contributed by atoms with E-state index in [9.17, 15) is 13.6 Å². The fourth-order valence-corrected chi connectivity index (χ4v) is 2.71.